The molecule has 0 aliphatic carbocycles. The molecule has 1 amide bonds. The summed E-state index contributed by atoms with van der Waals surface area (Å²) in [7, 11) is 1.46. The molecule has 14 heteroatoms. The number of nitrogens with one attached hydrogen (secondary N) is 1. The van der Waals surface area contributed by atoms with Gasteiger partial charge in [0.05, 0.1) is 18.9 Å². The Morgan fingerprint density at radius 1 is 1.10 bits per heavy atom. The van der Waals surface area contributed by atoms with Gasteiger partial charge in [0.15, 0.2) is 17.2 Å². The summed E-state index contributed by atoms with van der Waals surface area (Å²) in [5.74, 6) is -0.505. The summed E-state index contributed by atoms with van der Waals surface area (Å²) in [5.41, 5.74) is 9.91. The first kappa shape index (κ1) is 26.5. The van der Waals surface area contributed by atoms with Gasteiger partial charge in [0.2, 0.25) is 11.6 Å². The van der Waals surface area contributed by atoms with Crippen molar-refractivity contribution in [3.63, 3.8) is 0 Å². The van der Waals surface area contributed by atoms with Crippen LogP contribution in [0.25, 0.3) is 5.82 Å². The number of benzene rings is 2. The van der Waals surface area contributed by atoms with Gasteiger partial charge in [0, 0.05) is 6.54 Å². The standard InChI is InChI=1S/C26H27N9O5/c1-38-21-14-17(10-11-20(21)39-26(37)18-8-4-2-5-9-18)15-28-30-25(36)22-19(16-34-12-6-3-7-13-34)29-33-35(22)24-23(27)31-40-32-24/h2,4-5,8-11,14-15H,3,6-7,12-13,16H2,1H3,(H2,27,31)(H,30,36)/b28-15-. The molecule has 0 spiro atoms. The van der Waals surface area contributed by atoms with Crippen LogP contribution in [-0.4, -0.2) is 68.5 Å². The third kappa shape index (κ3) is 5.96. The Balaban J connectivity index is 1.32. The number of methoxy groups -OCH3 is 1. The van der Waals surface area contributed by atoms with Crippen LogP contribution in [0.5, 0.6) is 11.5 Å². The SMILES string of the molecule is COc1cc(/C=N\NC(=O)c2c(CN3CCCCC3)nnn2-c2nonc2N)ccc1OC(=O)c1ccccc1. The number of ether oxygens (including phenoxy) is 2. The van der Waals surface area contributed by atoms with E-state index < -0.39 is 11.9 Å². The van der Waals surface area contributed by atoms with Gasteiger partial charge in [-0.2, -0.15) is 9.78 Å². The Hall–Kier alpha value is -5.11. The molecule has 0 unspecified atom stereocenters. The molecule has 206 valence electrons. The van der Waals surface area contributed by atoms with Gasteiger partial charge in [0.1, 0.15) is 5.69 Å². The number of carbonyl (C=O) groups excluding carboxylic acids is 2. The van der Waals surface area contributed by atoms with Gasteiger partial charge in [-0.15, -0.1) is 5.10 Å². The number of rotatable bonds is 9. The third-order valence-electron chi connectivity index (χ3n) is 6.25. The van der Waals surface area contributed by atoms with Crippen LogP contribution in [0, 0.1) is 0 Å². The van der Waals surface area contributed by atoms with Gasteiger partial charge in [0.25, 0.3) is 5.91 Å². The van der Waals surface area contributed by atoms with E-state index in [1.807, 2.05) is 6.07 Å². The molecule has 0 bridgehead atoms. The minimum atomic E-state index is -0.573. The number of nitrogens with two attached hydrogens (primary N) is 1. The van der Waals surface area contributed by atoms with Gasteiger partial charge in [-0.1, -0.05) is 29.8 Å². The lowest BCUT2D eigenvalue weighted by Crippen LogP contribution is -2.31. The predicted molar refractivity (Wildman–Crippen MR) is 142 cm³/mol. The molecule has 1 aliphatic heterocycles. The monoisotopic (exact) mass is 545 g/mol. The number of hydrazone groups is 1. The second kappa shape index (κ2) is 12.2. The highest BCUT2D eigenvalue weighted by atomic mass is 16.6. The predicted octanol–water partition coefficient (Wildman–Crippen LogP) is 2.21. The molecule has 5 rings (SSSR count). The van der Waals surface area contributed by atoms with Crippen molar-refractivity contribution < 1.29 is 23.7 Å². The summed E-state index contributed by atoms with van der Waals surface area (Å²) >= 11 is 0. The molecule has 1 fully saturated rings. The number of aromatic nitrogens is 5. The fourth-order valence-electron chi connectivity index (χ4n) is 4.26. The second-order valence-corrected chi connectivity index (χ2v) is 8.97. The van der Waals surface area contributed by atoms with Crippen LogP contribution < -0.4 is 20.6 Å². The first-order valence-electron chi connectivity index (χ1n) is 12.6. The van der Waals surface area contributed by atoms with E-state index in [0.717, 1.165) is 25.9 Å². The van der Waals surface area contributed by atoms with Crippen molar-refractivity contribution in [1.29, 1.82) is 0 Å². The Morgan fingerprint density at radius 3 is 2.62 bits per heavy atom. The van der Waals surface area contributed by atoms with Crippen LogP contribution in [-0.2, 0) is 6.54 Å². The van der Waals surface area contributed by atoms with Gasteiger partial charge < -0.3 is 15.2 Å². The van der Waals surface area contributed by atoms with Crippen LogP contribution in [0.1, 0.15) is 51.4 Å². The molecule has 0 radical (unpaired) electrons. The average Bonchev–Trinajstić information content (AvgIpc) is 3.60. The van der Waals surface area contributed by atoms with Crippen molar-refractivity contribution in [2.45, 2.75) is 25.8 Å². The number of esters is 1. The molecule has 0 atom stereocenters. The zero-order chi connectivity index (χ0) is 27.9. The van der Waals surface area contributed by atoms with Crippen molar-refractivity contribution in [1.82, 2.24) is 35.6 Å². The molecule has 0 saturated carbocycles. The van der Waals surface area contributed by atoms with E-state index in [1.54, 1.807) is 42.5 Å². The maximum atomic E-state index is 13.3. The molecule has 40 heavy (non-hydrogen) atoms. The number of hydrogen-bond acceptors (Lipinski definition) is 12. The quantitative estimate of drug-likeness (QED) is 0.136. The van der Waals surface area contributed by atoms with Gasteiger partial charge in [-0.3, -0.25) is 9.69 Å². The lowest BCUT2D eigenvalue weighted by atomic mass is 10.1. The largest absolute Gasteiger partial charge is 0.493 e. The fraction of sp³-hybridized carbons (Fsp3) is 0.269. The lowest BCUT2D eigenvalue weighted by molar-refractivity contribution is 0.0729. The number of carbonyl (C=O) groups is 2. The normalized spacial score (nSPS) is 13.8. The Kier molecular flexibility index (Phi) is 8.06. The number of likely N-dealkylation sites (tertiary alicyclic amines) is 1. The van der Waals surface area contributed by atoms with Crippen LogP contribution in [0.2, 0.25) is 0 Å². The van der Waals surface area contributed by atoms with Crippen LogP contribution in [0.4, 0.5) is 5.82 Å². The summed E-state index contributed by atoms with van der Waals surface area (Å²) in [5, 5.41) is 19.7. The lowest BCUT2D eigenvalue weighted by Gasteiger charge is -2.25. The molecule has 3 heterocycles. The highest BCUT2D eigenvalue weighted by Crippen LogP contribution is 2.28. The Bertz CT molecular complexity index is 1510. The maximum absolute atomic E-state index is 13.3. The fourth-order valence-corrected chi connectivity index (χ4v) is 4.26. The Morgan fingerprint density at radius 2 is 1.90 bits per heavy atom. The molecule has 14 nitrogen and oxygen atoms in total. The van der Waals surface area contributed by atoms with E-state index in [2.05, 4.69) is 40.7 Å². The molecular weight excluding hydrogens is 518 g/mol. The van der Waals surface area contributed by atoms with Crippen molar-refractivity contribution in [3.05, 3.63) is 71.0 Å². The zero-order valence-electron chi connectivity index (χ0n) is 21.7. The number of piperidine rings is 1. The van der Waals surface area contributed by atoms with E-state index in [-0.39, 0.29) is 23.1 Å². The maximum Gasteiger partial charge on any atom is 0.343 e. The minimum absolute atomic E-state index is 0.0351. The molecule has 1 saturated heterocycles. The van der Waals surface area contributed by atoms with Gasteiger partial charge >= 0.3 is 5.97 Å². The summed E-state index contributed by atoms with van der Waals surface area (Å²) < 4.78 is 16.7. The van der Waals surface area contributed by atoms with Crippen LogP contribution in [0.15, 0.2) is 58.3 Å². The van der Waals surface area contributed by atoms with Crippen molar-refractivity contribution in [2.24, 2.45) is 5.10 Å². The summed E-state index contributed by atoms with van der Waals surface area (Å²) in [4.78, 5) is 27.9. The molecule has 2 aromatic carbocycles. The summed E-state index contributed by atoms with van der Waals surface area (Å²) in [6, 6.07) is 13.5. The molecular formula is C26H27N9O5. The Labute approximate surface area is 228 Å². The summed E-state index contributed by atoms with van der Waals surface area (Å²) in [6.45, 7) is 2.23. The molecule has 2 aromatic heterocycles. The number of nitrogens with zero attached hydrogens (tertiary/aromatic N) is 7. The second-order valence-electron chi connectivity index (χ2n) is 8.97. The van der Waals surface area contributed by atoms with E-state index in [0.29, 0.717) is 29.1 Å². The van der Waals surface area contributed by atoms with E-state index in [9.17, 15) is 9.59 Å². The molecule has 1 aliphatic rings. The van der Waals surface area contributed by atoms with E-state index >= 15 is 0 Å². The smallest absolute Gasteiger partial charge is 0.343 e. The number of anilines is 1. The topological polar surface area (TPSA) is 176 Å². The number of nitrogen functional groups attached to an aromatic ring is 1. The van der Waals surface area contributed by atoms with Crippen molar-refractivity contribution in [2.75, 3.05) is 25.9 Å². The number of hydrogen-bond donors (Lipinski definition) is 2. The average molecular weight is 546 g/mol. The first-order valence-corrected chi connectivity index (χ1v) is 12.6. The third-order valence-corrected chi connectivity index (χ3v) is 6.25. The van der Waals surface area contributed by atoms with E-state index in [1.165, 1.54) is 24.4 Å². The van der Waals surface area contributed by atoms with Crippen molar-refractivity contribution in [3.8, 4) is 17.3 Å². The molecule has 4 aromatic rings. The van der Waals surface area contributed by atoms with Gasteiger partial charge in [-0.25, -0.2) is 14.8 Å². The van der Waals surface area contributed by atoms with Crippen molar-refractivity contribution >= 4 is 23.9 Å². The zero-order valence-corrected chi connectivity index (χ0v) is 21.7. The highest BCUT2D eigenvalue weighted by molar-refractivity contribution is 5.95. The first-order chi connectivity index (χ1) is 19.5. The molecule has 3 N–H and O–H groups in total. The van der Waals surface area contributed by atoms with Crippen LogP contribution in [0.3, 0.4) is 0 Å². The van der Waals surface area contributed by atoms with E-state index in [4.69, 9.17) is 15.2 Å². The summed E-state index contributed by atoms with van der Waals surface area (Å²) in [6.07, 6.45) is 4.75. The number of amides is 1. The van der Waals surface area contributed by atoms with Crippen LogP contribution >= 0.6 is 0 Å². The highest BCUT2D eigenvalue weighted by Gasteiger charge is 2.26. The minimum Gasteiger partial charge on any atom is -0.493 e. The van der Waals surface area contributed by atoms with Gasteiger partial charge in [-0.05, 0) is 72.1 Å².